The largest absolute Gasteiger partial charge is 0.497 e. The molecule has 2 saturated heterocycles. The van der Waals surface area contributed by atoms with E-state index in [4.69, 9.17) is 32.8 Å². The maximum atomic E-state index is 11.5. The van der Waals surface area contributed by atoms with Crippen LogP contribution in [0.3, 0.4) is 0 Å². The third kappa shape index (κ3) is 5.23. The van der Waals surface area contributed by atoms with E-state index in [-0.39, 0.29) is 47.3 Å². The molecule has 0 bridgehead atoms. The highest BCUT2D eigenvalue weighted by Crippen LogP contribution is 2.66. The predicted octanol–water partition coefficient (Wildman–Crippen LogP) is 5.49. The first kappa shape index (κ1) is 28.2. The van der Waals surface area contributed by atoms with Crippen molar-refractivity contribution in [1.29, 1.82) is 0 Å². The molecule has 220 valence electrons. The van der Waals surface area contributed by atoms with Crippen molar-refractivity contribution >= 4 is 0 Å². The summed E-state index contributed by atoms with van der Waals surface area (Å²) >= 11 is 0. The van der Waals surface area contributed by atoms with Gasteiger partial charge in [-0.05, 0) is 72.6 Å². The Bertz CT molecular complexity index is 1080. The van der Waals surface area contributed by atoms with Crippen molar-refractivity contribution < 1.29 is 37.9 Å². The summed E-state index contributed by atoms with van der Waals surface area (Å²) in [6.45, 7) is 7.75. The Morgan fingerprint density at radius 1 is 0.900 bits per heavy atom. The van der Waals surface area contributed by atoms with E-state index in [1.54, 1.807) is 19.6 Å². The third-order valence-electron chi connectivity index (χ3n) is 10.4. The fraction of sp³-hybridized carbons (Fsp3) is 0.688. The van der Waals surface area contributed by atoms with Crippen molar-refractivity contribution in [2.45, 2.75) is 77.3 Å². The van der Waals surface area contributed by atoms with Crippen LogP contribution in [0.4, 0.5) is 0 Å². The van der Waals surface area contributed by atoms with Crippen LogP contribution in [0, 0.1) is 28.6 Å². The number of hydrogen-bond acceptors (Lipinski definition) is 8. The van der Waals surface area contributed by atoms with Crippen LogP contribution in [0.25, 0.3) is 0 Å². The average Bonchev–Trinajstić information content (AvgIpc) is 3.76. The van der Waals surface area contributed by atoms with Crippen LogP contribution < -0.4 is 4.74 Å². The number of aliphatic hydroxyl groups excluding tert-OH is 1. The summed E-state index contributed by atoms with van der Waals surface area (Å²) in [6, 6.07) is 9.94. The van der Waals surface area contributed by atoms with Crippen LogP contribution in [0.15, 0.2) is 47.3 Å². The molecule has 0 unspecified atom stereocenters. The molecule has 1 aromatic carbocycles. The molecule has 2 saturated carbocycles. The van der Waals surface area contributed by atoms with Crippen LogP contribution in [-0.2, 0) is 30.3 Å². The van der Waals surface area contributed by atoms with Crippen molar-refractivity contribution in [2.75, 3.05) is 33.5 Å². The Hall–Kier alpha value is -1.94. The molecule has 2 aliphatic carbocycles. The maximum absolute atomic E-state index is 11.5. The number of methoxy groups -OCH3 is 1. The highest BCUT2D eigenvalue weighted by Gasteiger charge is 2.64. The van der Waals surface area contributed by atoms with Crippen LogP contribution >= 0.6 is 0 Å². The van der Waals surface area contributed by atoms with Gasteiger partial charge in [0.05, 0.1) is 64.9 Å². The van der Waals surface area contributed by atoms with Gasteiger partial charge in [-0.2, -0.15) is 0 Å². The molecule has 40 heavy (non-hydrogen) atoms. The maximum Gasteiger partial charge on any atom is 0.161 e. The molecule has 4 fully saturated rings. The first-order chi connectivity index (χ1) is 19.4. The van der Waals surface area contributed by atoms with E-state index >= 15 is 0 Å². The number of rotatable bonds is 9. The predicted molar refractivity (Wildman–Crippen MR) is 146 cm³/mol. The Kier molecular flexibility index (Phi) is 8.28. The van der Waals surface area contributed by atoms with Gasteiger partial charge in [-0.25, -0.2) is 0 Å². The molecule has 0 amide bonds. The number of fused-ring (bicyclic) bond motifs is 1. The lowest BCUT2D eigenvalue weighted by molar-refractivity contribution is -0.257. The molecule has 1 aromatic heterocycles. The summed E-state index contributed by atoms with van der Waals surface area (Å²) in [6.07, 6.45) is 6.50. The van der Waals surface area contributed by atoms with E-state index in [0.717, 1.165) is 42.6 Å². The first-order valence-corrected chi connectivity index (χ1v) is 14.8. The minimum absolute atomic E-state index is 0.00416. The Morgan fingerprint density at radius 2 is 1.57 bits per heavy atom. The van der Waals surface area contributed by atoms with Gasteiger partial charge < -0.3 is 37.9 Å². The van der Waals surface area contributed by atoms with Crippen LogP contribution in [0.5, 0.6) is 5.75 Å². The molecule has 2 aliphatic heterocycles. The molecule has 0 radical (unpaired) electrons. The highest BCUT2D eigenvalue weighted by molar-refractivity contribution is 5.26. The fourth-order valence-electron chi connectivity index (χ4n) is 8.54. The molecule has 8 heteroatoms. The van der Waals surface area contributed by atoms with E-state index in [0.29, 0.717) is 39.5 Å². The summed E-state index contributed by atoms with van der Waals surface area (Å²) < 4.78 is 42.2. The van der Waals surface area contributed by atoms with Crippen LogP contribution in [0.2, 0.25) is 0 Å². The van der Waals surface area contributed by atoms with Crippen molar-refractivity contribution in [2.24, 2.45) is 28.6 Å². The normalized spacial score (nSPS) is 36.0. The lowest BCUT2D eigenvalue weighted by Gasteiger charge is -2.64. The number of furan rings is 1. The molecule has 3 heterocycles. The average molecular weight is 557 g/mol. The lowest BCUT2D eigenvalue weighted by Crippen LogP contribution is -2.62. The number of hydrogen-bond donors (Lipinski definition) is 1. The van der Waals surface area contributed by atoms with E-state index in [2.05, 4.69) is 26.0 Å². The lowest BCUT2D eigenvalue weighted by atomic mass is 9.43. The third-order valence-corrected chi connectivity index (χ3v) is 10.4. The molecule has 2 aromatic rings. The smallest absolute Gasteiger partial charge is 0.161 e. The zero-order valence-electron chi connectivity index (χ0n) is 24.0. The SMILES string of the molecule is COc1ccc(CO[C@H]2CC[C@@H](C3OCCO3)[C@]3(C)CC[C@@H](C4OCCO4)[C@](C)(C[C@@H](O)c4ccoc4)[C@@H]23)cc1. The van der Waals surface area contributed by atoms with Gasteiger partial charge in [0.25, 0.3) is 0 Å². The zero-order chi connectivity index (χ0) is 27.7. The van der Waals surface area contributed by atoms with Gasteiger partial charge in [0, 0.05) is 17.4 Å². The first-order valence-electron chi connectivity index (χ1n) is 14.8. The van der Waals surface area contributed by atoms with Gasteiger partial charge in [-0.15, -0.1) is 0 Å². The van der Waals surface area contributed by atoms with Crippen LogP contribution in [-0.4, -0.2) is 57.3 Å². The standard InChI is InChI=1S/C32H44O8/c1-31-12-10-25(30-38-16-17-39-30)32(2,18-26(33)22-11-13-35-20-22)28(31)27(9-8-24(31)29-36-14-15-37-29)40-19-21-4-6-23(34-3)7-5-21/h4-7,11,13,20,24-30,33H,8-10,12,14-19H2,1-3H3/t24-,25-,26+,27-,28-,31-,32-/m0/s1. The number of ether oxygens (including phenoxy) is 6. The molecule has 1 N–H and O–H groups in total. The minimum atomic E-state index is -0.670. The van der Waals surface area contributed by atoms with Gasteiger partial charge in [-0.3, -0.25) is 0 Å². The van der Waals surface area contributed by atoms with Crippen molar-refractivity contribution in [3.8, 4) is 5.75 Å². The van der Waals surface area contributed by atoms with Gasteiger partial charge in [-0.1, -0.05) is 26.0 Å². The number of benzene rings is 1. The second kappa shape index (κ2) is 11.7. The topological polar surface area (TPSA) is 88.8 Å². The van der Waals surface area contributed by atoms with Crippen molar-refractivity contribution in [3.05, 3.63) is 54.0 Å². The van der Waals surface area contributed by atoms with E-state index in [1.165, 1.54) is 0 Å². The highest BCUT2D eigenvalue weighted by atomic mass is 16.7. The van der Waals surface area contributed by atoms with Crippen molar-refractivity contribution in [1.82, 2.24) is 0 Å². The summed E-state index contributed by atoms with van der Waals surface area (Å²) in [5.41, 5.74) is 1.45. The van der Waals surface area contributed by atoms with E-state index < -0.39 is 6.10 Å². The molecular formula is C32H44O8. The van der Waals surface area contributed by atoms with E-state index in [1.807, 2.05) is 18.2 Å². The van der Waals surface area contributed by atoms with Crippen molar-refractivity contribution in [3.63, 3.8) is 0 Å². The van der Waals surface area contributed by atoms with Crippen LogP contribution in [0.1, 0.15) is 63.2 Å². The molecule has 4 aliphatic rings. The quantitative estimate of drug-likeness (QED) is 0.434. The Balaban J connectivity index is 1.36. The summed E-state index contributed by atoms with van der Waals surface area (Å²) in [4.78, 5) is 0. The second-order valence-corrected chi connectivity index (χ2v) is 12.5. The Morgan fingerprint density at radius 3 is 2.20 bits per heavy atom. The second-order valence-electron chi connectivity index (χ2n) is 12.5. The summed E-state index contributed by atoms with van der Waals surface area (Å²) in [7, 11) is 1.68. The monoisotopic (exact) mass is 556 g/mol. The molecule has 0 spiro atoms. The van der Waals surface area contributed by atoms with Gasteiger partial charge >= 0.3 is 0 Å². The Labute approximate surface area is 237 Å². The van der Waals surface area contributed by atoms with Gasteiger partial charge in [0.15, 0.2) is 12.6 Å². The summed E-state index contributed by atoms with van der Waals surface area (Å²) in [5, 5.41) is 11.5. The van der Waals surface area contributed by atoms with Gasteiger partial charge in [0.1, 0.15) is 5.75 Å². The molecule has 8 nitrogen and oxygen atoms in total. The fourth-order valence-corrected chi connectivity index (χ4v) is 8.54. The van der Waals surface area contributed by atoms with E-state index in [9.17, 15) is 5.11 Å². The minimum Gasteiger partial charge on any atom is -0.497 e. The zero-order valence-corrected chi connectivity index (χ0v) is 24.0. The number of aliphatic hydroxyl groups is 1. The van der Waals surface area contributed by atoms with Gasteiger partial charge in [0.2, 0.25) is 0 Å². The molecular weight excluding hydrogens is 512 g/mol. The summed E-state index contributed by atoms with van der Waals surface area (Å²) in [5.74, 6) is 1.32. The molecule has 6 rings (SSSR count). The molecule has 7 atom stereocenters.